The first-order chi connectivity index (χ1) is 7.26. The fraction of sp³-hybridized carbons (Fsp3) is 0.667. The van der Waals surface area contributed by atoms with Crippen LogP contribution in [0.15, 0.2) is 12.4 Å². The monoisotopic (exact) mass is 207 g/mol. The Kier molecular flexibility index (Phi) is 5.08. The van der Waals surface area contributed by atoms with Gasteiger partial charge in [-0.15, -0.1) is 0 Å². The molecule has 0 aliphatic heterocycles. The molecule has 1 unspecified atom stereocenters. The molecule has 0 aliphatic rings. The van der Waals surface area contributed by atoms with Gasteiger partial charge in [-0.05, 0) is 24.3 Å². The predicted molar refractivity (Wildman–Crippen MR) is 64.0 cm³/mol. The molecule has 0 bridgehead atoms. The maximum atomic E-state index is 4.25. The van der Waals surface area contributed by atoms with E-state index in [4.69, 9.17) is 0 Å². The zero-order valence-corrected chi connectivity index (χ0v) is 9.95. The van der Waals surface area contributed by atoms with Crippen molar-refractivity contribution in [1.82, 2.24) is 9.97 Å². The van der Waals surface area contributed by atoms with Gasteiger partial charge < -0.3 is 5.32 Å². The molecule has 3 nitrogen and oxygen atoms in total. The molecule has 1 aromatic rings. The van der Waals surface area contributed by atoms with Crippen molar-refractivity contribution in [2.75, 3.05) is 11.9 Å². The molecular formula is C12H21N3. The van der Waals surface area contributed by atoms with Gasteiger partial charge in [-0.2, -0.15) is 0 Å². The van der Waals surface area contributed by atoms with Crippen molar-refractivity contribution >= 4 is 5.95 Å². The smallest absolute Gasteiger partial charge is 0.222 e. The lowest BCUT2D eigenvalue weighted by Crippen LogP contribution is -2.08. The summed E-state index contributed by atoms with van der Waals surface area (Å²) in [4.78, 5) is 8.50. The fourth-order valence-electron chi connectivity index (χ4n) is 1.26. The van der Waals surface area contributed by atoms with Gasteiger partial charge in [0.2, 0.25) is 5.95 Å². The molecule has 1 heterocycles. The van der Waals surface area contributed by atoms with E-state index in [1.807, 2.05) is 12.4 Å². The van der Waals surface area contributed by atoms with Crippen molar-refractivity contribution in [2.24, 2.45) is 5.92 Å². The summed E-state index contributed by atoms with van der Waals surface area (Å²) < 4.78 is 0. The molecule has 0 saturated carbocycles. The van der Waals surface area contributed by atoms with Gasteiger partial charge in [0.1, 0.15) is 0 Å². The van der Waals surface area contributed by atoms with Crippen LogP contribution >= 0.6 is 0 Å². The first-order valence-corrected chi connectivity index (χ1v) is 5.81. The van der Waals surface area contributed by atoms with Gasteiger partial charge in [0.15, 0.2) is 0 Å². The highest BCUT2D eigenvalue weighted by molar-refractivity contribution is 5.24. The number of aryl methyl sites for hydroxylation is 1. The summed E-state index contributed by atoms with van der Waals surface area (Å²) in [6, 6.07) is 0. The Bertz CT molecular complexity index is 269. The summed E-state index contributed by atoms with van der Waals surface area (Å²) in [7, 11) is 0. The predicted octanol–water partition coefficient (Wildman–Crippen LogP) is 2.89. The summed E-state index contributed by atoms with van der Waals surface area (Å²) in [6.07, 6.45) is 7.18. The Morgan fingerprint density at radius 3 is 2.47 bits per heavy atom. The highest BCUT2D eigenvalue weighted by Gasteiger charge is 1.99. The number of aromatic nitrogens is 2. The minimum Gasteiger partial charge on any atom is -0.354 e. The van der Waals surface area contributed by atoms with Gasteiger partial charge in [-0.1, -0.05) is 27.2 Å². The number of nitrogens with one attached hydrogen (secondary N) is 1. The average Bonchev–Trinajstić information content (AvgIpc) is 2.29. The first kappa shape index (κ1) is 12.0. The molecule has 0 amide bonds. The normalized spacial score (nSPS) is 12.5. The first-order valence-electron chi connectivity index (χ1n) is 5.81. The molecule has 0 saturated heterocycles. The summed E-state index contributed by atoms with van der Waals surface area (Å²) in [5.41, 5.74) is 1.18. The highest BCUT2D eigenvalue weighted by Crippen LogP contribution is 2.06. The van der Waals surface area contributed by atoms with E-state index in [0.29, 0.717) is 0 Å². The van der Waals surface area contributed by atoms with Crippen LogP contribution in [-0.2, 0) is 6.42 Å². The lowest BCUT2D eigenvalue weighted by atomic mass is 10.1. The Balaban J connectivity index is 2.31. The third kappa shape index (κ3) is 4.28. The van der Waals surface area contributed by atoms with Gasteiger partial charge in [-0.25, -0.2) is 9.97 Å². The molecule has 3 heteroatoms. The van der Waals surface area contributed by atoms with E-state index in [1.54, 1.807) is 0 Å². The molecule has 0 aliphatic carbocycles. The van der Waals surface area contributed by atoms with E-state index < -0.39 is 0 Å². The van der Waals surface area contributed by atoms with E-state index in [0.717, 1.165) is 24.8 Å². The van der Waals surface area contributed by atoms with Crippen LogP contribution in [0.25, 0.3) is 0 Å². The number of anilines is 1. The molecule has 0 spiro atoms. The zero-order valence-electron chi connectivity index (χ0n) is 9.95. The van der Waals surface area contributed by atoms with E-state index in [9.17, 15) is 0 Å². The second kappa shape index (κ2) is 6.38. The summed E-state index contributed by atoms with van der Waals surface area (Å²) >= 11 is 0. The minimum absolute atomic E-state index is 0.746. The Labute approximate surface area is 92.3 Å². The van der Waals surface area contributed by atoms with Crippen molar-refractivity contribution in [3.05, 3.63) is 18.0 Å². The van der Waals surface area contributed by atoms with E-state index in [1.165, 1.54) is 18.4 Å². The maximum absolute atomic E-state index is 4.25. The van der Waals surface area contributed by atoms with Crippen molar-refractivity contribution < 1.29 is 0 Å². The third-order valence-electron chi connectivity index (χ3n) is 2.73. The summed E-state index contributed by atoms with van der Waals surface area (Å²) in [5.74, 6) is 1.52. The quantitative estimate of drug-likeness (QED) is 0.779. The van der Waals surface area contributed by atoms with Crippen LogP contribution in [0.5, 0.6) is 0 Å². The molecular weight excluding hydrogens is 186 g/mol. The molecule has 1 N–H and O–H groups in total. The van der Waals surface area contributed by atoms with Crippen LogP contribution < -0.4 is 5.32 Å². The topological polar surface area (TPSA) is 37.8 Å². The van der Waals surface area contributed by atoms with Crippen molar-refractivity contribution in [2.45, 2.75) is 40.0 Å². The van der Waals surface area contributed by atoms with E-state index >= 15 is 0 Å². The average molecular weight is 207 g/mol. The van der Waals surface area contributed by atoms with Crippen LogP contribution in [0.4, 0.5) is 5.95 Å². The van der Waals surface area contributed by atoms with Crippen LogP contribution in [-0.4, -0.2) is 16.5 Å². The van der Waals surface area contributed by atoms with Crippen molar-refractivity contribution in [3.63, 3.8) is 0 Å². The minimum atomic E-state index is 0.746. The van der Waals surface area contributed by atoms with Gasteiger partial charge in [0.05, 0.1) is 0 Å². The lowest BCUT2D eigenvalue weighted by molar-refractivity contribution is 0.531. The Morgan fingerprint density at radius 1 is 1.27 bits per heavy atom. The molecule has 0 fully saturated rings. The van der Waals surface area contributed by atoms with Gasteiger partial charge in [-0.3, -0.25) is 0 Å². The molecule has 0 aromatic carbocycles. The van der Waals surface area contributed by atoms with Gasteiger partial charge in [0.25, 0.3) is 0 Å². The standard InChI is InChI=1S/C12H21N3/c1-4-10(3)6-7-13-12-14-8-11(5-2)9-15-12/h8-10H,4-7H2,1-3H3,(H,13,14,15). The van der Waals surface area contributed by atoms with E-state index in [2.05, 4.69) is 36.1 Å². The second-order valence-electron chi connectivity index (χ2n) is 4.00. The number of hydrogen-bond donors (Lipinski definition) is 1. The second-order valence-corrected chi connectivity index (χ2v) is 4.00. The molecule has 84 valence electrons. The van der Waals surface area contributed by atoms with Crippen LogP contribution in [0.2, 0.25) is 0 Å². The molecule has 1 atom stereocenters. The Hall–Kier alpha value is -1.12. The molecule has 15 heavy (non-hydrogen) atoms. The van der Waals surface area contributed by atoms with Crippen LogP contribution in [0.3, 0.4) is 0 Å². The van der Waals surface area contributed by atoms with E-state index in [-0.39, 0.29) is 0 Å². The zero-order chi connectivity index (χ0) is 11.1. The van der Waals surface area contributed by atoms with Crippen LogP contribution in [0, 0.1) is 5.92 Å². The number of nitrogens with zero attached hydrogens (tertiary/aromatic N) is 2. The van der Waals surface area contributed by atoms with Crippen molar-refractivity contribution in [1.29, 1.82) is 0 Å². The molecule has 0 radical (unpaired) electrons. The third-order valence-corrected chi connectivity index (χ3v) is 2.73. The largest absolute Gasteiger partial charge is 0.354 e. The maximum Gasteiger partial charge on any atom is 0.222 e. The van der Waals surface area contributed by atoms with Gasteiger partial charge in [0, 0.05) is 18.9 Å². The fourth-order valence-corrected chi connectivity index (χ4v) is 1.26. The highest BCUT2D eigenvalue weighted by atomic mass is 15.1. The van der Waals surface area contributed by atoms with Gasteiger partial charge >= 0.3 is 0 Å². The molecule has 1 rings (SSSR count). The molecule has 1 aromatic heterocycles. The SMILES string of the molecule is CCc1cnc(NCCC(C)CC)nc1. The number of hydrogen-bond acceptors (Lipinski definition) is 3. The Morgan fingerprint density at radius 2 is 1.93 bits per heavy atom. The van der Waals surface area contributed by atoms with Crippen LogP contribution in [0.1, 0.15) is 39.2 Å². The summed E-state index contributed by atoms with van der Waals surface area (Å²) in [6.45, 7) is 7.55. The summed E-state index contributed by atoms with van der Waals surface area (Å²) in [5, 5.41) is 3.24. The number of rotatable bonds is 6. The lowest BCUT2D eigenvalue weighted by Gasteiger charge is -2.09. The van der Waals surface area contributed by atoms with Crippen molar-refractivity contribution in [3.8, 4) is 0 Å².